The van der Waals surface area contributed by atoms with Gasteiger partial charge in [-0.05, 0) is 54.5 Å². The number of carbonyl (C=O) groups excluding carboxylic acids is 2. The van der Waals surface area contributed by atoms with Crippen LogP contribution in [0.25, 0.3) is 0 Å². The van der Waals surface area contributed by atoms with Gasteiger partial charge in [0.25, 0.3) is 0 Å². The second kappa shape index (κ2) is 11.3. The molecule has 0 aromatic heterocycles. The zero-order valence-electron chi connectivity index (χ0n) is 21.9. The Hall–Kier alpha value is -2.19. The van der Waals surface area contributed by atoms with Gasteiger partial charge in [0, 0.05) is 35.8 Å². The number of hydrogen-bond donors (Lipinski definition) is 4. The van der Waals surface area contributed by atoms with Gasteiger partial charge in [-0.3, -0.25) is 9.59 Å². The van der Waals surface area contributed by atoms with E-state index in [9.17, 15) is 14.0 Å². The predicted octanol–water partition coefficient (Wildman–Crippen LogP) is 5.41. The fourth-order valence-electron chi connectivity index (χ4n) is 4.98. The zero-order chi connectivity index (χ0) is 27.6. The number of halogens is 3. The topological polar surface area (TPSA) is 90.5 Å². The van der Waals surface area contributed by atoms with E-state index in [1.807, 2.05) is 6.07 Å². The molecule has 0 radical (unpaired) electrons. The molecule has 0 bridgehead atoms. The minimum Gasteiger partial charge on any atom is -0.390 e. The third-order valence-electron chi connectivity index (χ3n) is 6.50. The van der Waals surface area contributed by atoms with Gasteiger partial charge in [0.2, 0.25) is 12.3 Å². The van der Waals surface area contributed by atoms with Crippen molar-refractivity contribution in [2.24, 2.45) is 5.41 Å². The van der Waals surface area contributed by atoms with Crippen LogP contribution in [0.1, 0.15) is 64.5 Å². The van der Waals surface area contributed by atoms with Gasteiger partial charge in [0.1, 0.15) is 5.82 Å². The normalized spacial score (nSPS) is 27.6. The van der Waals surface area contributed by atoms with E-state index in [0.29, 0.717) is 54.0 Å². The van der Waals surface area contributed by atoms with E-state index in [1.54, 1.807) is 31.2 Å². The summed E-state index contributed by atoms with van der Waals surface area (Å²) in [6.45, 7) is 11.5. The lowest BCUT2D eigenvalue weighted by Gasteiger charge is -2.40. The smallest absolute Gasteiger partial charge is 0.237 e. The van der Waals surface area contributed by atoms with Gasteiger partial charge in [0.05, 0.1) is 16.0 Å². The highest BCUT2D eigenvalue weighted by Crippen LogP contribution is 2.50. The zero-order valence-corrected chi connectivity index (χ0v) is 23.4. The number of hydrogen-bond acceptors (Lipinski definition) is 4. The number of nitrogens with one attached hydrogen (secondary N) is 3. The van der Waals surface area contributed by atoms with Gasteiger partial charge in [-0.25, -0.2) is 4.39 Å². The Morgan fingerprint density at radius 3 is 2.41 bits per heavy atom. The molecule has 1 aliphatic carbocycles. The molecule has 202 valence electrons. The third kappa shape index (κ3) is 6.82. The van der Waals surface area contributed by atoms with Crippen LogP contribution in [0.5, 0.6) is 0 Å². The number of fused-ring (bicyclic) bond motifs is 2. The van der Waals surface area contributed by atoms with E-state index in [0.717, 1.165) is 5.56 Å². The van der Waals surface area contributed by atoms with Gasteiger partial charge in [0.15, 0.2) is 0 Å². The van der Waals surface area contributed by atoms with Crippen molar-refractivity contribution in [3.8, 4) is 0 Å². The highest BCUT2D eigenvalue weighted by Gasteiger charge is 2.56. The average molecular weight is 553 g/mol. The molecule has 5 rings (SSSR count). The second-order valence-electron chi connectivity index (χ2n) is 11.8. The van der Waals surface area contributed by atoms with Gasteiger partial charge < -0.3 is 21.1 Å². The summed E-state index contributed by atoms with van der Waals surface area (Å²) in [5, 5.41) is 18.5. The minimum absolute atomic E-state index is 0.0688. The van der Waals surface area contributed by atoms with E-state index in [4.69, 9.17) is 28.3 Å². The third-order valence-corrected chi connectivity index (χ3v) is 7.02. The van der Waals surface area contributed by atoms with Crippen LogP contribution in [0.15, 0.2) is 36.4 Å². The summed E-state index contributed by atoms with van der Waals surface area (Å²) in [7, 11) is 0. The average Bonchev–Trinajstić information content (AvgIpc) is 3.30. The molecule has 2 atom stereocenters. The highest BCUT2D eigenvalue weighted by atomic mass is 35.5. The van der Waals surface area contributed by atoms with Crippen LogP contribution in [0, 0.1) is 11.2 Å². The lowest BCUT2D eigenvalue weighted by molar-refractivity contribution is -0.120. The van der Waals surface area contributed by atoms with Crippen molar-refractivity contribution in [3.63, 3.8) is 0 Å². The van der Waals surface area contributed by atoms with E-state index in [-0.39, 0.29) is 22.9 Å². The molecule has 2 unspecified atom stereocenters. The molecule has 2 aliphatic heterocycles. The number of carbonyl (C=O) groups is 2. The van der Waals surface area contributed by atoms with E-state index >= 15 is 0 Å². The lowest BCUT2D eigenvalue weighted by atomic mass is 9.70. The molecule has 2 amide bonds. The maximum atomic E-state index is 14.5. The Kier molecular flexibility index (Phi) is 8.95. The molecular formula is C28H36Cl2FN3O3. The summed E-state index contributed by atoms with van der Waals surface area (Å²) in [4.78, 5) is 22.6. The van der Waals surface area contributed by atoms with E-state index in [1.165, 1.54) is 6.07 Å². The van der Waals surface area contributed by atoms with Crippen LogP contribution in [0.4, 0.5) is 10.1 Å². The lowest BCUT2D eigenvalue weighted by Crippen LogP contribution is -2.51. The van der Waals surface area contributed by atoms with Crippen LogP contribution in [0.2, 0.25) is 10.0 Å². The van der Waals surface area contributed by atoms with Crippen molar-refractivity contribution in [2.75, 3.05) is 18.4 Å². The molecule has 3 aliphatic rings. The van der Waals surface area contributed by atoms with E-state index < -0.39 is 16.8 Å². The number of anilines is 1. The molecular weight excluding hydrogens is 516 g/mol. The maximum Gasteiger partial charge on any atom is 0.237 e. The summed E-state index contributed by atoms with van der Waals surface area (Å²) in [6, 6.07) is 10.5. The first-order valence-electron chi connectivity index (χ1n) is 12.4. The van der Waals surface area contributed by atoms with Crippen molar-refractivity contribution in [1.82, 2.24) is 10.6 Å². The highest BCUT2D eigenvalue weighted by molar-refractivity contribution is 6.31. The molecule has 2 fully saturated rings. The first-order chi connectivity index (χ1) is 17.2. The first kappa shape index (κ1) is 29.4. The Bertz CT molecular complexity index is 1140. The van der Waals surface area contributed by atoms with Gasteiger partial charge in [-0.15, -0.1) is 0 Å². The molecule has 9 heteroatoms. The van der Waals surface area contributed by atoms with Crippen LogP contribution in [-0.2, 0) is 15.0 Å². The maximum absolute atomic E-state index is 14.5. The molecule has 2 heterocycles. The first-order valence-corrected chi connectivity index (χ1v) is 13.1. The van der Waals surface area contributed by atoms with Crippen molar-refractivity contribution < 1.29 is 19.1 Å². The van der Waals surface area contributed by atoms with Gasteiger partial charge >= 0.3 is 0 Å². The molecule has 2 aromatic rings. The van der Waals surface area contributed by atoms with Crippen molar-refractivity contribution in [1.29, 1.82) is 0 Å². The summed E-state index contributed by atoms with van der Waals surface area (Å²) < 4.78 is 14.5. The summed E-state index contributed by atoms with van der Waals surface area (Å²) in [5.74, 6) is -0.926. The monoisotopic (exact) mass is 551 g/mol. The molecule has 4 N–H and O–H groups in total. The number of aliphatic hydroxyl groups is 1. The molecule has 1 spiro atoms. The number of benzene rings is 2. The Labute approximate surface area is 228 Å². The van der Waals surface area contributed by atoms with Gasteiger partial charge in [-0.1, -0.05) is 69.1 Å². The van der Waals surface area contributed by atoms with Crippen molar-refractivity contribution in [2.45, 2.75) is 70.4 Å². The molecule has 1 saturated heterocycles. The molecule has 1 saturated carbocycles. The summed E-state index contributed by atoms with van der Waals surface area (Å²) in [5.41, 5.74) is 1.13. The second-order valence-corrected chi connectivity index (χ2v) is 12.7. The number of amides is 2. The fourth-order valence-corrected chi connectivity index (χ4v) is 5.33. The van der Waals surface area contributed by atoms with Gasteiger partial charge in [-0.2, -0.15) is 0 Å². The standard InChI is InChI=1S/C17H13Cl2FN2O.C6H11NO2.C5H12/c18-9-4-5-11-14(6-9)22-16(23)17(11)8-21-7-12(17)10-2-1-3-13(19)15(10)20;1-6(9)2-5(3-6)7-4-8;1-5(2,3)4/h1-6,12,21H,7-8H2,(H,22,23);4-5,9H,2-3H2,1H3,(H,7,8);1-4H3. The van der Waals surface area contributed by atoms with Crippen molar-refractivity contribution in [3.05, 3.63) is 63.4 Å². The Morgan fingerprint density at radius 1 is 1.16 bits per heavy atom. The Balaban J connectivity index is 0.000000225. The van der Waals surface area contributed by atoms with E-state index in [2.05, 4.69) is 43.6 Å². The SMILES string of the molecule is CC(C)(C)C.CC1(O)CC(NC=O)C1.O=C1Nc2cc(Cl)ccc2C12CNCC2c1cccc(Cl)c1F. The van der Waals surface area contributed by atoms with Crippen LogP contribution >= 0.6 is 23.2 Å². The minimum atomic E-state index is -0.842. The predicted molar refractivity (Wildman–Crippen MR) is 147 cm³/mol. The molecule has 37 heavy (non-hydrogen) atoms. The van der Waals surface area contributed by atoms with Crippen molar-refractivity contribution >= 4 is 41.2 Å². The summed E-state index contributed by atoms with van der Waals surface area (Å²) >= 11 is 12.0. The number of rotatable bonds is 3. The molecule has 2 aromatic carbocycles. The summed E-state index contributed by atoms with van der Waals surface area (Å²) in [6.07, 6.45) is 2.05. The van der Waals surface area contributed by atoms with Crippen LogP contribution in [-0.4, -0.2) is 42.2 Å². The largest absolute Gasteiger partial charge is 0.390 e. The molecule has 6 nitrogen and oxygen atoms in total. The van der Waals surface area contributed by atoms with Crippen LogP contribution in [0.3, 0.4) is 0 Å². The fraction of sp³-hybridized carbons (Fsp3) is 0.500. The quantitative estimate of drug-likeness (QED) is 0.384. The van der Waals surface area contributed by atoms with Crippen LogP contribution < -0.4 is 16.0 Å². The Morgan fingerprint density at radius 2 is 1.81 bits per heavy atom.